The van der Waals surface area contributed by atoms with Crippen LogP contribution in [0.5, 0.6) is 0 Å². The lowest BCUT2D eigenvalue weighted by molar-refractivity contribution is 0.0471. The number of aromatic nitrogens is 2. The number of rotatable bonds is 4. The third kappa shape index (κ3) is 4.92. The van der Waals surface area contributed by atoms with Gasteiger partial charge >= 0.3 is 0 Å². The van der Waals surface area contributed by atoms with Crippen molar-refractivity contribution < 1.29 is 9.84 Å². The smallest absolute Gasteiger partial charge is 0.115 e. The highest BCUT2D eigenvalue weighted by Crippen LogP contribution is 2.25. The van der Waals surface area contributed by atoms with Crippen molar-refractivity contribution in [3.05, 3.63) is 46.2 Å². The Morgan fingerprint density at radius 3 is 2.93 bits per heavy atom. The van der Waals surface area contributed by atoms with Gasteiger partial charge in [-0.3, -0.25) is 9.80 Å². The molecule has 0 aromatic carbocycles. The topological polar surface area (TPSA) is 61.7 Å². The normalized spacial score (nSPS) is 23.4. The van der Waals surface area contributed by atoms with Crippen LogP contribution in [0.4, 0.5) is 0 Å². The van der Waals surface area contributed by atoms with Crippen LogP contribution in [0, 0.1) is 17.8 Å². The van der Waals surface area contributed by atoms with Crippen molar-refractivity contribution in [2.45, 2.75) is 19.1 Å². The fourth-order valence-electron chi connectivity index (χ4n) is 3.89. The molecule has 2 aliphatic heterocycles. The van der Waals surface area contributed by atoms with Crippen LogP contribution in [0.15, 0.2) is 30.2 Å². The van der Waals surface area contributed by atoms with Crippen molar-refractivity contribution in [2.75, 3.05) is 39.5 Å². The van der Waals surface area contributed by atoms with Gasteiger partial charge in [-0.1, -0.05) is 11.8 Å². The molecule has 2 aliphatic rings. The van der Waals surface area contributed by atoms with Crippen LogP contribution in [0.1, 0.15) is 16.0 Å². The predicted octanol–water partition coefficient (Wildman–Crippen LogP) is 1.21. The predicted molar refractivity (Wildman–Crippen MR) is 104 cm³/mol. The van der Waals surface area contributed by atoms with E-state index in [-0.39, 0.29) is 6.61 Å². The minimum Gasteiger partial charge on any atom is -0.384 e. The Morgan fingerprint density at radius 2 is 2.07 bits per heavy atom. The van der Waals surface area contributed by atoms with E-state index in [0.29, 0.717) is 12.0 Å². The molecule has 0 spiro atoms. The lowest BCUT2D eigenvalue weighted by Crippen LogP contribution is -2.43. The molecule has 2 aromatic rings. The quantitative estimate of drug-likeness (QED) is 0.800. The Kier molecular flexibility index (Phi) is 6.12. The number of ether oxygens (including phenoxy) is 1. The van der Waals surface area contributed by atoms with Gasteiger partial charge in [-0.05, 0) is 6.07 Å². The molecule has 0 aliphatic carbocycles. The van der Waals surface area contributed by atoms with E-state index in [1.165, 1.54) is 4.88 Å². The standard InChI is InChI=1S/C20H24N4O2S/c25-3-1-2-16-4-20(27-14-16)11-24-9-18-8-23(10-19(24)13-26-12-18)7-17-5-21-15-22-6-17/h4-6,14-15,18-19,25H,3,7-13H2/t18-,19-/m0/s1. The second-order valence-corrected chi connectivity index (χ2v) is 8.18. The fourth-order valence-corrected chi connectivity index (χ4v) is 4.73. The summed E-state index contributed by atoms with van der Waals surface area (Å²) in [6.45, 7) is 6.42. The third-order valence-corrected chi connectivity index (χ3v) is 5.92. The summed E-state index contributed by atoms with van der Waals surface area (Å²) in [4.78, 5) is 14.7. The average Bonchev–Trinajstić information content (AvgIpc) is 2.94. The molecule has 2 saturated heterocycles. The molecule has 1 N–H and O–H groups in total. The summed E-state index contributed by atoms with van der Waals surface area (Å²) in [5, 5.41) is 10.9. The summed E-state index contributed by atoms with van der Waals surface area (Å²) < 4.78 is 5.95. The Bertz CT molecular complexity index is 801. The van der Waals surface area contributed by atoms with Crippen LogP contribution >= 0.6 is 11.3 Å². The highest BCUT2D eigenvalue weighted by Gasteiger charge is 2.33. The van der Waals surface area contributed by atoms with Crippen molar-refractivity contribution in [3.8, 4) is 11.8 Å². The summed E-state index contributed by atoms with van der Waals surface area (Å²) in [6, 6.07) is 2.53. The molecule has 2 atom stereocenters. The maximum atomic E-state index is 8.86. The van der Waals surface area contributed by atoms with Crippen molar-refractivity contribution in [2.24, 2.45) is 5.92 Å². The van der Waals surface area contributed by atoms with Gasteiger partial charge in [0.25, 0.3) is 0 Å². The van der Waals surface area contributed by atoms with Gasteiger partial charge in [0.05, 0.1) is 13.2 Å². The van der Waals surface area contributed by atoms with Crippen LogP contribution in [-0.2, 0) is 17.8 Å². The maximum absolute atomic E-state index is 8.86. The zero-order valence-corrected chi connectivity index (χ0v) is 16.1. The van der Waals surface area contributed by atoms with E-state index in [0.717, 1.165) is 57.1 Å². The van der Waals surface area contributed by atoms with E-state index in [9.17, 15) is 0 Å². The third-order valence-electron chi connectivity index (χ3n) is 5.00. The molecule has 4 rings (SSSR count). The molecule has 142 valence electrons. The van der Waals surface area contributed by atoms with Crippen molar-refractivity contribution in [1.29, 1.82) is 0 Å². The first-order chi connectivity index (χ1) is 13.3. The minimum absolute atomic E-state index is 0.0965. The SMILES string of the molecule is OCC#Cc1csc(CN2C[C@H]3COC[C@@H]2CN(Cc2cncnc2)C3)c1. The first kappa shape index (κ1) is 18.5. The van der Waals surface area contributed by atoms with E-state index in [4.69, 9.17) is 9.84 Å². The van der Waals surface area contributed by atoms with Gasteiger partial charge in [0.15, 0.2) is 0 Å². The summed E-state index contributed by atoms with van der Waals surface area (Å²) in [6.07, 6.45) is 5.39. The van der Waals surface area contributed by atoms with Gasteiger partial charge in [-0.15, -0.1) is 11.3 Å². The van der Waals surface area contributed by atoms with Gasteiger partial charge in [0.2, 0.25) is 0 Å². The number of aliphatic hydroxyl groups is 1. The molecule has 2 fully saturated rings. The number of nitrogens with zero attached hydrogens (tertiary/aromatic N) is 4. The Hall–Kier alpha value is -1.82. The zero-order chi connectivity index (χ0) is 18.5. The number of hydrogen-bond donors (Lipinski definition) is 1. The number of thiophene rings is 1. The van der Waals surface area contributed by atoms with Gasteiger partial charge in [-0.25, -0.2) is 9.97 Å². The molecular weight excluding hydrogens is 360 g/mol. The van der Waals surface area contributed by atoms with Crippen LogP contribution < -0.4 is 0 Å². The fraction of sp³-hybridized carbons (Fsp3) is 0.500. The summed E-state index contributed by atoms with van der Waals surface area (Å²) in [5.41, 5.74) is 2.15. The van der Waals surface area contributed by atoms with E-state index >= 15 is 0 Å². The number of fused-ring (bicyclic) bond motifs is 3. The summed E-state index contributed by atoms with van der Waals surface area (Å²) >= 11 is 1.74. The highest BCUT2D eigenvalue weighted by atomic mass is 32.1. The average molecular weight is 385 g/mol. The van der Waals surface area contributed by atoms with E-state index in [2.05, 4.69) is 43.1 Å². The molecule has 2 bridgehead atoms. The van der Waals surface area contributed by atoms with Crippen molar-refractivity contribution >= 4 is 11.3 Å². The van der Waals surface area contributed by atoms with Crippen LogP contribution in [0.2, 0.25) is 0 Å². The first-order valence-corrected chi connectivity index (χ1v) is 10.1. The van der Waals surface area contributed by atoms with E-state index in [1.54, 1.807) is 17.7 Å². The summed E-state index contributed by atoms with van der Waals surface area (Å²) in [7, 11) is 0. The largest absolute Gasteiger partial charge is 0.384 e. The van der Waals surface area contributed by atoms with Crippen LogP contribution in [0.25, 0.3) is 0 Å². The molecule has 27 heavy (non-hydrogen) atoms. The molecule has 2 aromatic heterocycles. The molecule has 4 heterocycles. The molecule has 0 unspecified atom stereocenters. The van der Waals surface area contributed by atoms with Gasteiger partial charge in [-0.2, -0.15) is 0 Å². The van der Waals surface area contributed by atoms with E-state index < -0.39 is 0 Å². The maximum Gasteiger partial charge on any atom is 0.115 e. The van der Waals surface area contributed by atoms with Gasteiger partial charge < -0.3 is 9.84 Å². The lowest BCUT2D eigenvalue weighted by Gasteiger charge is -2.31. The molecule has 0 radical (unpaired) electrons. The van der Waals surface area contributed by atoms with Crippen LogP contribution in [-0.4, -0.2) is 70.4 Å². The molecule has 0 saturated carbocycles. The molecule has 0 amide bonds. The van der Waals surface area contributed by atoms with Crippen molar-refractivity contribution in [1.82, 2.24) is 19.8 Å². The Labute approximate surface area is 163 Å². The molecular formula is C20H24N4O2S. The second-order valence-electron chi connectivity index (χ2n) is 7.19. The second kappa shape index (κ2) is 8.91. The minimum atomic E-state index is -0.0965. The zero-order valence-electron chi connectivity index (χ0n) is 15.3. The lowest BCUT2D eigenvalue weighted by atomic mass is 10.1. The number of hydrogen-bond acceptors (Lipinski definition) is 7. The highest BCUT2D eigenvalue weighted by molar-refractivity contribution is 7.10. The molecule has 6 nitrogen and oxygen atoms in total. The molecule has 7 heteroatoms. The first-order valence-electron chi connectivity index (χ1n) is 9.25. The number of aliphatic hydroxyl groups excluding tert-OH is 1. The van der Waals surface area contributed by atoms with E-state index in [1.807, 2.05) is 12.4 Å². The van der Waals surface area contributed by atoms with Crippen molar-refractivity contribution in [3.63, 3.8) is 0 Å². The van der Waals surface area contributed by atoms with Gasteiger partial charge in [0.1, 0.15) is 12.9 Å². The van der Waals surface area contributed by atoms with Crippen LogP contribution in [0.3, 0.4) is 0 Å². The van der Waals surface area contributed by atoms with Gasteiger partial charge in [0, 0.05) is 78.5 Å². The Morgan fingerprint density at radius 1 is 1.19 bits per heavy atom. The Balaban J connectivity index is 1.44. The summed E-state index contributed by atoms with van der Waals surface area (Å²) in [5.74, 6) is 6.22. The monoisotopic (exact) mass is 384 g/mol.